The van der Waals surface area contributed by atoms with Crippen molar-refractivity contribution in [2.45, 2.75) is 32.6 Å². The van der Waals surface area contributed by atoms with Crippen molar-refractivity contribution in [3.05, 3.63) is 11.7 Å². The van der Waals surface area contributed by atoms with E-state index in [4.69, 9.17) is 14.5 Å². The van der Waals surface area contributed by atoms with Crippen LogP contribution in [-0.2, 0) is 17.6 Å². The molecule has 0 aliphatic carbocycles. The van der Waals surface area contributed by atoms with E-state index in [0.717, 1.165) is 0 Å². The molecule has 0 saturated carbocycles. The quantitative estimate of drug-likeness (QED) is 0.667. The van der Waals surface area contributed by atoms with Gasteiger partial charge in [0.2, 0.25) is 5.89 Å². The van der Waals surface area contributed by atoms with Crippen molar-refractivity contribution in [2.24, 2.45) is 5.92 Å². The number of alkyl halides is 2. The third-order valence-corrected chi connectivity index (χ3v) is 2.19. The van der Waals surface area contributed by atoms with E-state index in [2.05, 4.69) is 16.2 Å². The summed E-state index contributed by atoms with van der Waals surface area (Å²) in [6.07, 6.45) is -1.16. The minimum absolute atomic E-state index is 0.136. The van der Waals surface area contributed by atoms with Gasteiger partial charge in [0.15, 0.2) is 5.82 Å². The van der Waals surface area contributed by atoms with E-state index in [0.29, 0.717) is 31.0 Å². The average Bonchev–Trinajstić information content (AvgIpc) is 2.72. The van der Waals surface area contributed by atoms with Gasteiger partial charge < -0.3 is 9.26 Å². The van der Waals surface area contributed by atoms with Gasteiger partial charge in [-0.15, -0.1) is 0 Å². The lowest BCUT2D eigenvalue weighted by Gasteiger charge is -2.00. The van der Waals surface area contributed by atoms with Crippen LogP contribution in [0.3, 0.4) is 0 Å². The Kier molecular flexibility index (Phi) is 6.22. The van der Waals surface area contributed by atoms with Crippen LogP contribution in [0.1, 0.15) is 25.1 Å². The number of hydrogen-bond donors (Lipinski definition) is 0. The van der Waals surface area contributed by atoms with Crippen LogP contribution in [0.25, 0.3) is 0 Å². The zero-order chi connectivity index (χ0) is 13.4. The van der Waals surface area contributed by atoms with Crippen molar-refractivity contribution in [3.8, 4) is 6.07 Å². The average molecular weight is 259 g/mol. The molecule has 1 atom stereocenters. The highest BCUT2D eigenvalue weighted by atomic mass is 19.3. The Morgan fingerprint density at radius 3 is 2.94 bits per heavy atom. The molecule has 0 radical (unpaired) electrons. The molecule has 0 aliphatic rings. The van der Waals surface area contributed by atoms with Gasteiger partial charge in [-0.1, -0.05) is 12.1 Å². The Bertz CT molecular complexity index is 390. The van der Waals surface area contributed by atoms with E-state index in [-0.39, 0.29) is 12.5 Å². The van der Waals surface area contributed by atoms with Crippen molar-refractivity contribution in [1.29, 1.82) is 5.26 Å². The molecule has 0 bridgehead atoms. The third kappa shape index (κ3) is 5.68. The van der Waals surface area contributed by atoms with E-state index in [1.165, 1.54) is 0 Å². The number of ether oxygens (including phenoxy) is 1. The van der Waals surface area contributed by atoms with Crippen molar-refractivity contribution < 1.29 is 18.0 Å². The maximum absolute atomic E-state index is 11.8. The number of nitriles is 1. The lowest BCUT2D eigenvalue weighted by Crippen LogP contribution is -2.07. The summed E-state index contributed by atoms with van der Waals surface area (Å²) in [4.78, 5) is 4.09. The summed E-state index contributed by atoms with van der Waals surface area (Å²) in [5.74, 6) is 1.04. The molecule has 18 heavy (non-hydrogen) atoms. The molecule has 0 aliphatic heterocycles. The number of hydrogen-bond acceptors (Lipinski definition) is 5. The van der Waals surface area contributed by atoms with Gasteiger partial charge in [0.05, 0.1) is 12.7 Å². The third-order valence-electron chi connectivity index (χ3n) is 2.19. The maximum atomic E-state index is 11.8. The Labute approximate surface area is 104 Å². The van der Waals surface area contributed by atoms with Crippen molar-refractivity contribution in [1.82, 2.24) is 10.1 Å². The zero-order valence-corrected chi connectivity index (χ0v) is 10.1. The lowest BCUT2D eigenvalue weighted by molar-refractivity contribution is 0.0182. The van der Waals surface area contributed by atoms with Crippen LogP contribution in [-0.4, -0.2) is 29.8 Å². The standard InChI is InChI=1S/C11H15F2N3O2/c1-8(2-4-14)6-11-15-10(16-18-11)3-5-17-7-9(12)13/h8-9H,2-3,5-7H2,1H3. The Balaban J connectivity index is 2.28. The molecule has 0 amide bonds. The molecule has 0 saturated heterocycles. The molecule has 1 aromatic heterocycles. The second kappa shape index (κ2) is 7.71. The van der Waals surface area contributed by atoms with E-state index < -0.39 is 13.0 Å². The zero-order valence-electron chi connectivity index (χ0n) is 10.1. The van der Waals surface area contributed by atoms with Gasteiger partial charge in [0.1, 0.15) is 6.61 Å². The second-order valence-corrected chi connectivity index (χ2v) is 3.99. The Hall–Kier alpha value is -1.55. The fourth-order valence-electron chi connectivity index (χ4n) is 1.34. The second-order valence-electron chi connectivity index (χ2n) is 3.99. The minimum Gasteiger partial charge on any atom is -0.375 e. The van der Waals surface area contributed by atoms with Gasteiger partial charge >= 0.3 is 0 Å². The minimum atomic E-state index is -2.46. The van der Waals surface area contributed by atoms with Crippen LogP contribution in [0, 0.1) is 17.2 Å². The molecule has 7 heteroatoms. The first-order valence-corrected chi connectivity index (χ1v) is 5.66. The lowest BCUT2D eigenvalue weighted by atomic mass is 10.1. The monoisotopic (exact) mass is 259 g/mol. The largest absolute Gasteiger partial charge is 0.375 e. The molecule has 0 aromatic carbocycles. The predicted molar refractivity (Wildman–Crippen MR) is 57.9 cm³/mol. The van der Waals surface area contributed by atoms with Crippen molar-refractivity contribution in [3.63, 3.8) is 0 Å². The summed E-state index contributed by atoms with van der Waals surface area (Å²) < 4.78 is 33.3. The molecule has 0 spiro atoms. The van der Waals surface area contributed by atoms with Gasteiger partial charge in [-0.3, -0.25) is 0 Å². The van der Waals surface area contributed by atoms with E-state index in [9.17, 15) is 8.78 Å². The summed E-state index contributed by atoms with van der Waals surface area (Å²) in [5, 5.41) is 12.2. The molecular formula is C11H15F2N3O2. The van der Waals surface area contributed by atoms with Gasteiger partial charge in [-0.05, 0) is 5.92 Å². The van der Waals surface area contributed by atoms with Gasteiger partial charge in [-0.25, -0.2) is 8.78 Å². The van der Waals surface area contributed by atoms with Crippen LogP contribution in [0.15, 0.2) is 4.52 Å². The molecule has 1 heterocycles. The first-order valence-electron chi connectivity index (χ1n) is 5.66. The normalized spacial score (nSPS) is 12.6. The molecule has 0 N–H and O–H groups in total. The maximum Gasteiger partial charge on any atom is 0.261 e. The van der Waals surface area contributed by atoms with Gasteiger partial charge in [0, 0.05) is 19.3 Å². The SMILES string of the molecule is CC(CC#N)Cc1nc(CCOCC(F)F)no1. The number of rotatable bonds is 8. The van der Waals surface area contributed by atoms with E-state index in [1.54, 1.807) is 0 Å². The highest BCUT2D eigenvalue weighted by Crippen LogP contribution is 2.09. The topological polar surface area (TPSA) is 71.9 Å². The highest BCUT2D eigenvalue weighted by molar-refractivity contribution is 4.89. The smallest absolute Gasteiger partial charge is 0.261 e. The summed E-state index contributed by atoms with van der Waals surface area (Å²) in [6.45, 7) is 1.47. The van der Waals surface area contributed by atoms with Crippen LogP contribution in [0.4, 0.5) is 8.78 Å². The first-order chi connectivity index (χ1) is 8.61. The highest BCUT2D eigenvalue weighted by Gasteiger charge is 2.11. The van der Waals surface area contributed by atoms with E-state index in [1.807, 2.05) is 6.92 Å². The fraction of sp³-hybridized carbons (Fsp3) is 0.727. The van der Waals surface area contributed by atoms with Crippen molar-refractivity contribution >= 4 is 0 Å². The molecule has 100 valence electrons. The molecular weight excluding hydrogens is 244 g/mol. The fourth-order valence-corrected chi connectivity index (χ4v) is 1.34. The van der Waals surface area contributed by atoms with Gasteiger partial charge in [-0.2, -0.15) is 10.2 Å². The molecule has 0 fully saturated rings. The van der Waals surface area contributed by atoms with Crippen molar-refractivity contribution in [2.75, 3.05) is 13.2 Å². The molecule has 1 rings (SSSR count). The Morgan fingerprint density at radius 1 is 1.50 bits per heavy atom. The molecule has 5 nitrogen and oxygen atoms in total. The summed E-state index contributed by atoms with van der Waals surface area (Å²) >= 11 is 0. The summed E-state index contributed by atoms with van der Waals surface area (Å²) in [6, 6.07) is 2.07. The molecule has 1 unspecified atom stereocenters. The number of halogens is 2. The van der Waals surface area contributed by atoms with Gasteiger partial charge in [0.25, 0.3) is 6.43 Å². The van der Waals surface area contributed by atoms with Crippen LogP contribution < -0.4 is 0 Å². The first kappa shape index (κ1) is 14.5. The number of nitrogens with zero attached hydrogens (tertiary/aromatic N) is 3. The predicted octanol–water partition coefficient (Wildman–Crippen LogP) is 1.99. The summed E-state index contributed by atoms with van der Waals surface area (Å²) in [5.41, 5.74) is 0. The summed E-state index contributed by atoms with van der Waals surface area (Å²) in [7, 11) is 0. The Morgan fingerprint density at radius 2 is 2.28 bits per heavy atom. The van der Waals surface area contributed by atoms with E-state index >= 15 is 0 Å². The van der Waals surface area contributed by atoms with Crippen LogP contribution >= 0.6 is 0 Å². The van der Waals surface area contributed by atoms with Crippen LogP contribution in [0.2, 0.25) is 0 Å². The number of aromatic nitrogens is 2. The molecule has 1 aromatic rings. The van der Waals surface area contributed by atoms with Crippen LogP contribution in [0.5, 0.6) is 0 Å².